The molecule has 4 rings (SSSR count). The van der Waals surface area contributed by atoms with Crippen LogP contribution in [0.5, 0.6) is 5.75 Å². The van der Waals surface area contributed by atoms with Gasteiger partial charge >= 0.3 is 6.36 Å². The standard InChI is InChI=1S/C23H18ClF4N3O3S/c24-16-5-2-6-17(25)19(16)22(33)31-9-7-13(8-10-31)21-30-18(12-35-21)20(32)29-14-3-1-4-15(11-14)34-23(26,27)28/h1-6,11-13H,7-10H2,(H,29,32). The first-order valence-electron chi connectivity index (χ1n) is 10.5. The number of carbonyl (C=O) groups excluding carboxylic acids is 2. The van der Waals surface area contributed by atoms with Crippen LogP contribution in [-0.4, -0.2) is 41.2 Å². The predicted molar refractivity (Wildman–Crippen MR) is 122 cm³/mol. The van der Waals surface area contributed by atoms with Gasteiger partial charge in [-0.3, -0.25) is 9.59 Å². The van der Waals surface area contributed by atoms with Crippen LogP contribution in [0.3, 0.4) is 0 Å². The lowest BCUT2D eigenvalue weighted by molar-refractivity contribution is -0.274. The number of anilines is 1. The van der Waals surface area contributed by atoms with Crippen molar-refractivity contribution in [3.63, 3.8) is 0 Å². The molecule has 1 fully saturated rings. The average molecular weight is 528 g/mol. The number of benzene rings is 2. The highest BCUT2D eigenvalue weighted by molar-refractivity contribution is 7.10. The van der Waals surface area contributed by atoms with Gasteiger partial charge in [-0.25, -0.2) is 9.37 Å². The van der Waals surface area contributed by atoms with Gasteiger partial charge in [0.1, 0.15) is 17.3 Å². The fourth-order valence-corrected chi connectivity index (χ4v) is 4.95. The molecule has 0 unspecified atom stereocenters. The van der Waals surface area contributed by atoms with E-state index >= 15 is 0 Å². The highest BCUT2D eigenvalue weighted by Gasteiger charge is 2.31. The number of rotatable bonds is 5. The Hall–Kier alpha value is -3.18. The third-order valence-electron chi connectivity index (χ3n) is 5.39. The molecule has 35 heavy (non-hydrogen) atoms. The lowest BCUT2D eigenvalue weighted by Crippen LogP contribution is -2.38. The normalized spacial score (nSPS) is 14.6. The van der Waals surface area contributed by atoms with Crippen molar-refractivity contribution in [1.82, 2.24) is 9.88 Å². The van der Waals surface area contributed by atoms with Crippen LogP contribution in [0.15, 0.2) is 47.8 Å². The number of alkyl halides is 3. The van der Waals surface area contributed by atoms with Crippen LogP contribution in [0.1, 0.15) is 44.6 Å². The zero-order valence-electron chi connectivity index (χ0n) is 17.9. The second-order valence-electron chi connectivity index (χ2n) is 7.76. The van der Waals surface area contributed by atoms with Crippen molar-refractivity contribution in [2.45, 2.75) is 25.1 Å². The molecule has 0 saturated carbocycles. The third-order valence-corrected chi connectivity index (χ3v) is 6.71. The molecule has 6 nitrogen and oxygen atoms in total. The van der Waals surface area contributed by atoms with Gasteiger partial charge in [0, 0.05) is 36.1 Å². The zero-order valence-corrected chi connectivity index (χ0v) is 19.5. The van der Waals surface area contributed by atoms with E-state index in [0.29, 0.717) is 30.9 Å². The van der Waals surface area contributed by atoms with E-state index in [9.17, 15) is 27.2 Å². The van der Waals surface area contributed by atoms with Crippen LogP contribution in [0.4, 0.5) is 23.2 Å². The summed E-state index contributed by atoms with van der Waals surface area (Å²) in [7, 11) is 0. The van der Waals surface area contributed by atoms with Crippen molar-refractivity contribution in [2.24, 2.45) is 0 Å². The number of piperidine rings is 1. The summed E-state index contributed by atoms with van der Waals surface area (Å²) in [5, 5.41) is 4.84. The first-order chi connectivity index (χ1) is 16.6. The van der Waals surface area contributed by atoms with E-state index in [1.54, 1.807) is 5.38 Å². The van der Waals surface area contributed by atoms with Crippen LogP contribution < -0.4 is 10.1 Å². The molecule has 2 aromatic carbocycles. The number of halogens is 5. The summed E-state index contributed by atoms with van der Waals surface area (Å²) < 4.78 is 55.2. The van der Waals surface area contributed by atoms with Crippen LogP contribution in [0, 0.1) is 5.82 Å². The predicted octanol–water partition coefficient (Wildman–Crippen LogP) is 6.11. The molecular weight excluding hydrogens is 510 g/mol. The van der Waals surface area contributed by atoms with Crippen molar-refractivity contribution in [1.29, 1.82) is 0 Å². The maximum absolute atomic E-state index is 14.1. The maximum atomic E-state index is 14.1. The topological polar surface area (TPSA) is 71.5 Å². The molecular formula is C23H18ClF4N3O3S. The maximum Gasteiger partial charge on any atom is 0.573 e. The molecule has 1 aliphatic heterocycles. The summed E-state index contributed by atoms with van der Waals surface area (Å²) >= 11 is 7.29. The zero-order chi connectivity index (χ0) is 25.2. The Balaban J connectivity index is 1.36. The fourth-order valence-electron chi connectivity index (χ4n) is 3.74. The van der Waals surface area contributed by atoms with Crippen molar-refractivity contribution < 1.29 is 31.9 Å². The smallest absolute Gasteiger partial charge is 0.406 e. The van der Waals surface area contributed by atoms with E-state index in [0.717, 1.165) is 12.1 Å². The number of nitrogens with zero attached hydrogens (tertiary/aromatic N) is 2. The largest absolute Gasteiger partial charge is 0.573 e. The van der Waals surface area contributed by atoms with Gasteiger partial charge in [-0.1, -0.05) is 23.7 Å². The number of amides is 2. The number of hydrogen-bond acceptors (Lipinski definition) is 5. The lowest BCUT2D eigenvalue weighted by atomic mass is 9.97. The summed E-state index contributed by atoms with van der Waals surface area (Å²) in [6.07, 6.45) is -3.69. The van der Waals surface area contributed by atoms with Gasteiger partial charge in [0.05, 0.1) is 15.6 Å². The number of likely N-dealkylation sites (tertiary alicyclic amines) is 1. The Morgan fingerprint density at radius 3 is 2.54 bits per heavy atom. The Morgan fingerprint density at radius 1 is 1.14 bits per heavy atom. The Morgan fingerprint density at radius 2 is 1.86 bits per heavy atom. The number of hydrogen-bond donors (Lipinski definition) is 1. The molecule has 1 saturated heterocycles. The summed E-state index contributed by atoms with van der Waals surface area (Å²) in [6, 6.07) is 9.04. The molecule has 3 aromatic rings. The van der Waals surface area contributed by atoms with Gasteiger partial charge in [-0.05, 0) is 37.1 Å². The van der Waals surface area contributed by atoms with Crippen LogP contribution in [0.25, 0.3) is 0 Å². The summed E-state index contributed by atoms with van der Waals surface area (Å²) in [4.78, 5) is 31.2. The van der Waals surface area contributed by atoms with Crippen LogP contribution in [-0.2, 0) is 0 Å². The second-order valence-corrected chi connectivity index (χ2v) is 9.06. The van der Waals surface area contributed by atoms with Gasteiger partial charge in [-0.15, -0.1) is 24.5 Å². The van der Waals surface area contributed by atoms with Crippen molar-refractivity contribution >= 4 is 40.4 Å². The number of carbonyl (C=O) groups is 2. The molecule has 1 aliphatic rings. The number of thiazole rings is 1. The molecule has 0 aliphatic carbocycles. The quantitative estimate of drug-likeness (QED) is 0.407. The first kappa shape index (κ1) is 24.9. The van der Waals surface area contributed by atoms with Gasteiger partial charge in [0.15, 0.2) is 0 Å². The number of ether oxygens (including phenoxy) is 1. The molecule has 0 bridgehead atoms. The van der Waals surface area contributed by atoms with Crippen molar-refractivity contribution in [2.75, 3.05) is 18.4 Å². The summed E-state index contributed by atoms with van der Waals surface area (Å²) in [5.41, 5.74) is 0.110. The molecule has 2 heterocycles. The van der Waals surface area contributed by atoms with Crippen LogP contribution in [0.2, 0.25) is 5.02 Å². The molecule has 12 heteroatoms. The van der Waals surface area contributed by atoms with Gasteiger partial charge < -0.3 is 15.0 Å². The number of nitrogens with one attached hydrogen (secondary N) is 1. The van der Waals surface area contributed by atoms with Crippen molar-refractivity contribution in [3.8, 4) is 5.75 Å². The first-order valence-corrected chi connectivity index (χ1v) is 11.7. The van der Waals surface area contributed by atoms with Gasteiger partial charge in [-0.2, -0.15) is 0 Å². The SMILES string of the molecule is O=C(Nc1cccc(OC(F)(F)F)c1)c1csc(C2CCN(C(=O)c3c(F)cccc3Cl)CC2)n1. The monoisotopic (exact) mass is 527 g/mol. The van der Waals surface area contributed by atoms with E-state index in [4.69, 9.17) is 11.6 Å². The van der Waals surface area contributed by atoms with E-state index in [1.165, 1.54) is 46.6 Å². The van der Waals surface area contributed by atoms with E-state index in [-0.39, 0.29) is 27.9 Å². The van der Waals surface area contributed by atoms with Gasteiger partial charge in [0.2, 0.25) is 0 Å². The fraction of sp³-hybridized carbons (Fsp3) is 0.261. The average Bonchev–Trinajstić information content (AvgIpc) is 3.29. The highest BCUT2D eigenvalue weighted by atomic mass is 35.5. The Labute approximate surface area is 206 Å². The summed E-state index contributed by atoms with van der Waals surface area (Å²) in [5.74, 6) is -2.16. The minimum absolute atomic E-state index is 0.00482. The Kier molecular flexibility index (Phi) is 7.27. The molecule has 184 valence electrons. The van der Waals surface area contributed by atoms with E-state index < -0.39 is 29.7 Å². The molecule has 0 spiro atoms. The molecule has 1 aromatic heterocycles. The molecule has 2 amide bonds. The summed E-state index contributed by atoms with van der Waals surface area (Å²) in [6.45, 7) is 0.753. The third kappa shape index (κ3) is 6.09. The van der Waals surface area contributed by atoms with Crippen molar-refractivity contribution in [3.05, 3.63) is 74.9 Å². The molecule has 1 N–H and O–H groups in total. The van der Waals surface area contributed by atoms with E-state index in [1.807, 2.05) is 0 Å². The molecule has 0 atom stereocenters. The van der Waals surface area contributed by atoms with Crippen LogP contribution >= 0.6 is 22.9 Å². The molecule has 0 radical (unpaired) electrons. The second kappa shape index (κ2) is 10.2. The Bertz CT molecular complexity index is 1220. The minimum Gasteiger partial charge on any atom is -0.406 e. The van der Waals surface area contributed by atoms with E-state index in [2.05, 4.69) is 15.0 Å². The minimum atomic E-state index is -4.84. The highest BCUT2D eigenvalue weighted by Crippen LogP contribution is 2.32. The lowest BCUT2D eigenvalue weighted by Gasteiger charge is -2.31. The number of aromatic nitrogens is 1. The van der Waals surface area contributed by atoms with Gasteiger partial charge in [0.25, 0.3) is 11.8 Å².